The molecule has 0 spiro atoms. The molecule has 0 aromatic heterocycles. The van der Waals surface area contributed by atoms with Crippen molar-refractivity contribution in [3.63, 3.8) is 0 Å². The predicted octanol–water partition coefficient (Wildman–Crippen LogP) is 3.12. The van der Waals surface area contributed by atoms with Crippen LogP contribution < -0.4 is 5.73 Å². The molecule has 186 valence electrons. The van der Waals surface area contributed by atoms with Gasteiger partial charge in [-0.15, -0.1) is 0 Å². The summed E-state index contributed by atoms with van der Waals surface area (Å²) in [6.45, 7) is 7.41. The molecule has 0 aliphatic heterocycles. The number of fused-ring (bicyclic) bond motifs is 3. The van der Waals surface area contributed by atoms with Crippen molar-refractivity contribution >= 4 is 28.8 Å². The number of hydrogen-bond donors (Lipinski definition) is 5. The van der Waals surface area contributed by atoms with Gasteiger partial charge in [-0.2, -0.15) is 0 Å². The summed E-state index contributed by atoms with van der Waals surface area (Å²) >= 11 is 0. The van der Waals surface area contributed by atoms with Gasteiger partial charge in [0.15, 0.2) is 11.4 Å². The summed E-state index contributed by atoms with van der Waals surface area (Å²) in [7, 11) is 0. The number of aliphatic hydroxyl groups excluding tert-OH is 2. The van der Waals surface area contributed by atoms with Gasteiger partial charge in [-0.25, -0.2) is 0 Å². The van der Waals surface area contributed by atoms with E-state index in [1.54, 1.807) is 19.9 Å². The number of phenolic OH excluding ortho intramolecular Hbond substituents is 1. The number of hydrogen-bond acceptors (Lipinski definition) is 7. The number of primary amides is 1. The molecule has 1 amide bonds. The first-order valence-electron chi connectivity index (χ1n) is 11.9. The standard InChI is InChI=1S/C27H31NO7/c1-5-6-12(4)14-7-8-17(29)20-15(14)9-13-10-16-18(11(2)3)22(30)21(26(28)34)25(33)27(16,35)24(32)19(13)23(20)31/h6-8,11,13,16,18,29,31,33,35H,5,9-10H2,1-4H3,(H2,28,34)/b12-6+/t13-,16-,18-,27-/m0/s1. The third-order valence-corrected chi connectivity index (χ3v) is 7.79. The summed E-state index contributed by atoms with van der Waals surface area (Å²) in [6.07, 6.45) is 3.21. The molecule has 1 aromatic carbocycles. The minimum absolute atomic E-state index is 0.109. The third-order valence-electron chi connectivity index (χ3n) is 7.79. The van der Waals surface area contributed by atoms with Gasteiger partial charge in [0.05, 0.1) is 5.56 Å². The molecule has 0 radical (unpaired) electrons. The molecule has 1 fully saturated rings. The molecule has 4 atom stereocenters. The van der Waals surface area contributed by atoms with Gasteiger partial charge in [0.25, 0.3) is 5.91 Å². The highest BCUT2D eigenvalue weighted by molar-refractivity contribution is 6.23. The number of rotatable bonds is 4. The lowest BCUT2D eigenvalue weighted by Crippen LogP contribution is -2.62. The Morgan fingerprint density at radius 2 is 1.89 bits per heavy atom. The fraction of sp³-hybridized carbons (Fsp3) is 0.444. The van der Waals surface area contributed by atoms with E-state index in [1.807, 2.05) is 19.9 Å². The molecule has 1 aromatic rings. The second kappa shape index (κ2) is 8.37. The van der Waals surface area contributed by atoms with Crippen LogP contribution in [0.15, 0.2) is 35.1 Å². The summed E-state index contributed by atoms with van der Waals surface area (Å²) < 4.78 is 0. The Balaban J connectivity index is 1.98. The number of amides is 1. The van der Waals surface area contributed by atoms with Crippen LogP contribution in [0.4, 0.5) is 0 Å². The molecule has 4 rings (SSSR count). The van der Waals surface area contributed by atoms with Gasteiger partial charge in [0, 0.05) is 17.4 Å². The molecule has 0 unspecified atom stereocenters. The van der Waals surface area contributed by atoms with Crippen LogP contribution in [0.5, 0.6) is 5.75 Å². The highest BCUT2D eigenvalue weighted by Crippen LogP contribution is 2.55. The van der Waals surface area contributed by atoms with E-state index in [4.69, 9.17) is 5.73 Å². The molecule has 8 nitrogen and oxygen atoms in total. The van der Waals surface area contributed by atoms with Crippen molar-refractivity contribution in [3.05, 3.63) is 51.8 Å². The molecular formula is C27H31NO7. The summed E-state index contributed by atoms with van der Waals surface area (Å²) in [5.74, 6) is -7.52. The van der Waals surface area contributed by atoms with E-state index in [0.29, 0.717) is 5.56 Å². The second-order valence-electron chi connectivity index (χ2n) is 10.1. The van der Waals surface area contributed by atoms with E-state index in [0.717, 1.165) is 17.6 Å². The maximum Gasteiger partial charge on any atom is 0.255 e. The van der Waals surface area contributed by atoms with E-state index in [2.05, 4.69) is 0 Å². The molecule has 0 saturated heterocycles. The highest BCUT2D eigenvalue weighted by Gasteiger charge is 2.64. The van der Waals surface area contributed by atoms with Crippen LogP contribution in [0.1, 0.15) is 57.2 Å². The zero-order valence-electron chi connectivity index (χ0n) is 20.3. The van der Waals surface area contributed by atoms with Crippen molar-refractivity contribution < 1.29 is 34.8 Å². The molecule has 6 N–H and O–H groups in total. The Morgan fingerprint density at radius 1 is 1.23 bits per heavy atom. The molecule has 3 aliphatic rings. The van der Waals surface area contributed by atoms with E-state index in [-0.39, 0.29) is 35.6 Å². The highest BCUT2D eigenvalue weighted by atomic mass is 16.3. The van der Waals surface area contributed by atoms with Gasteiger partial charge < -0.3 is 26.2 Å². The molecule has 8 heteroatoms. The van der Waals surface area contributed by atoms with Gasteiger partial charge in [0.1, 0.15) is 22.8 Å². The van der Waals surface area contributed by atoms with Crippen LogP contribution in [0.3, 0.4) is 0 Å². The number of benzene rings is 1. The van der Waals surface area contributed by atoms with Crippen molar-refractivity contribution in [3.8, 4) is 5.75 Å². The number of allylic oxidation sites excluding steroid dienone is 2. The smallest absolute Gasteiger partial charge is 0.255 e. The first-order valence-corrected chi connectivity index (χ1v) is 11.9. The quantitative estimate of drug-likeness (QED) is 0.413. The minimum Gasteiger partial charge on any atom is -0.508 e. The maximum atomic E-state index is 13.8. The van der Waals surface area contributed by atoms with Crippen LogP contribution in [0.25, 0.3) is 11.3 Å². The first-order chi connectivity index (χ1) is 16.4. The Hall–Kier alpha value is -3.39. The number of nitrogens with two attached hydrogens (primary N) is 1. The van der Waals surface area contributed by atoms with Crippen LogP contribution in [-0.2, 0) is 20.8 Å². The maximum absolute atomic E-state index is 13.8. The van der Waals surface area contributed by atoms with Gasteiger partial charge in [-0.05, 0) is 60.8 Å². The summed E-state index contributed by atoms with van der Waals surface area (Å²) in [4.78, 5) is 39.0. The number of Topliss-reactive ketones (excluding diaryl/α,β-unsaturated/α-hetero) is 2. The molecule has 3 aliphatic carbocycles. The molecular weight excluding hydrogens is 450 g/mol. The van der Waals surface area contributed by atoms with Crippen molar-refractivity contribution in [1.82, 2.24) is 0 Å². The zero-order valence-corrected chi connectivity index (χ0v) is 20.3. The fourth-order valence-electron chi connectivity index (χ4n) is 6.27. The fourth-order valence-corrected chi connectivity index (χ4v) is 6.27. The largest absolute Gasteiger partial charge is 0.508 e. The lowest BCUT2D eigenvalue weighted by molar-refractivity contribution is -0.155. The van der Waals surface area contributed by atoms with E-state index in [1.165, 1.54) is 6.07 Å². The van der Waals surface area contributed by atoms with Gasteiger partial charge in [-0.3, -0.25) is 14.4 Å². The third kappa shape index (κ3) is 3.34. The van der Waals surface area contributed by atoms with Crippen molar-refractivity contribution in [2.75, 3.05) is 0 Å². The molecule has 35 heavy (non-hydrogen) atoms. The Bertz CT molecular complexity index is 1250. The second-order valence-corrected chi connectivity index (χ2v) is 10.1. The first kappa shape index (κ1) is 24.7. The van der Waals surface area contributed by atoms with Crippen molar-refractivity contribution in [2.45, 2.75) is 52.6 Å². The number of aliphatic hydroxyl groups is 3. The average molecular weight is 482 g/mol. The summed E-state index contributed by atoms with van der Waals surface area (Å²) in [5, 5.41) is 44.3. The van der Waals surface area contributed by atoms with Gasteiger partial charge in [-0.1, -0.05) is 32.9 Å². The van der Waals surface area contributed by atoms with E-state index >= 15 is 0 Å². The Labute approximate surface area is 203 Å². The Kier molecular flexibility index (Phi) is 5.92. The van der Waals surface area contributed by atoms with Crippen molar-refractivity contribution in [2.24, 2.45) is 29.4 Å². The zero-order chi connectivity index (χ0) is 26.0. The average Bonchev–Trinajstić information content (AvgIpc) is 2.76. The number of phenols is 1. The Morgan fingerprint density at radius 3 is 2.46 bits per heavy atom. The van der Waals surface area contributed by atoms with E-state index < -0.39 is 57.9 Å². The number of aromatic hydroxyl groups is 1. The number of ketones is 2. The van der Waals surface area contributed by atoms with E-state index in [9.17, 15) is 34.8 Å². The lowest BCUT2D eigenvalue weighted by Gasteiger charge is -2.50. The molecule has 0 bridgehead atoms. The van der Waals surface area contributed by atoms with Crippen LogP contribution in [0, 0.1) is 23.7 Å². The normalized spacial score (nSPS) is 28.7. The molecule has 1 saturated carbocycles. The summed E-state index contributed by atoms with van der Waals surface area (Å²) in [5.41, 5.74) is 4.42. The number of carbonyl (C=O) groups excluding carboxylic acids is 3. The van der Waals surface area contributed by atoms with Gasteiger partial charge >= 0.3 is 0 Å². The van der Waals surface area contributed by atoms with Gasteiger partial charge in [0.2, 0.25) is 5.78 Å². The molecule has 0 heterocycles. The van der Waals surface area contributed by atoms with Crippen LogP contribution >= 0.6 is 0 Å². The SMILES string of the molecule is CC/C=C(\C)c1ccc(O)c2c1C[C@H]1C[C@H]3[C@H](C(C)C)C(=O)C(C(N)=O)=C(O)[C@@]3(O)C(=O)C1=C2O. The monoisotopic (exact) mass is 481 g/mol. The lowest BCUT2D eigenvalue weighted by atomic mass is 9.54. The predicted molar refractivity (Wildman–Crippen MR) is 129 cm³/mol. The van der Waals surface area contributed by atoms with Crippen LogP contribution in [0.2, 0.25) is 0 Å². The topological polar surface area (TPSA) is 158 Å². The van der Waals surface area contributed by atoms with Crippen molar-refractivity contribution in [1.29, 1.82) is 0 Å². The van der Waals surface area contributed by atoms with Crippen LogP contribution in [-0.4, -0.2) is 43.5 Å². The number of carbonyl (C=O) groups is 3. The minimum atomic E-state index is -2.59. The summed E-state index contributed by atoms with van der Waals surface area (Å²) in [6, 6.07) is 3.21.